The van der Waals surface area contributed by atoms with E-state index in [2.05, 4.69) is 4.74 Å². The van der Waals surface area contributed by atoms with E-state index >= 15 is 0 Å². The number of rotatable bonds is 7. The molecule has 1 aromatic carbocycles. The summed E-state index contributed by atoms with van der Waals surface area (Å²) in [7, 11) is 0. The van der Waals surface area contributed by atoms with E-state index in [1.807, 2.05) is 0 Å². The largest absolute Gasteiger partial charge is 0.460 e. The summed E-state index contributed by atoms with van der Waals surface area (Å²) in [5.74, 6) is -1.98. The highest BCUT2D eigenvalue weighted by atomic mass is 16.6. The molecule has 0 bridgehead atoms. The van der Waals surface area contributed by atoms with E-state index in [4.69, 9.17) is 4.74 Å². The van der Waals surface area contributed by atoms with E-state index in [9.17, 15) is 34.9 Å². The van der Waals surface area contributed by atoms with Crippen LogP contribution in [0.1, 0.15) is 24.2 Å². The molecule has 0 aliphatic heterocycles. The van der Waals surface area contributed by atoms with Crippen LogP contribution in [0.3, 0.4) is 0 Å². The van der Waals surface area contributed by atoms with Gasteiger partial charge in [-0.2, -0.15) is 0 Å². The first-order valence-electron chi connectivity index (χ1n) is 6.53. The van der Waals surface area contributed by atoms with Crippen LogP contribution in [-0.2, 0) is 14.3 Å². The quantitative estimate of drug-likeness (QED) is 0.329. The first-order valence-corrected chi connectivity index (χ1v) is 6.53. The molecule has 1 N–H and O–H groups in total. The van der Waals surface area contributed by atoms with Crippen molar-refractivity contribution in [2.45, 2.75) is 19.4 Å². The molecular weight excluding hydrogens is 328 g/mol. The Bertz CT molecular complexity index is 646. The molecule has 0 radical (unpaired) electrons. The molecule has 0 aromatic heterocycles. The third-order valence-electron chi connectivity index (χ3n) is 2.61. The normalized spacial score (nSPS) is 10.8. The zero-order valence-electron chi connectivity index (χ0n) is 12.8. The highest BCUT2D eigenvalue weighted by Gasteiger charge is 2.25. The van der Waals surface area contributed by atoms with Crippen molar-refractivity contribution in [2.24, 2.45) is 0 Å². The van der Waals surface area contributed by atoms with E-state index in [1.165, 1.54) is 13.8 Å². The molecule has 11 nitrogen and oxygen atoms in total. The number of nitrogens with zero attached hydrogens (tertiary/aromatic N) is 2. The monoisotopic (exact) mass is 342 g/mol. The summed E-state index contributed by atoms with van der Waals surface area (Å²) in [5, 5.41) is 30.8. The van der Waals surface area contributed by atoms with E-state index in [0.717, 1.165) is 12.1 Å². The highest BCUT2D eigenvalue weighted by Crippen LogP contribution is 2.23. The number of benzene rings is 1. The number of hydrogen-bond donors (Lipinski definition) is 1. The predicted octanol–water partition coefficient (Wildman–Crippen LogP) is 0.974. The molecule has 0 aliphatic rings. The van der Waals surface area contributed by atoms with Gasteiger partial charge in [-0.3, -0.25) is 20.2 Å². The van der Waals surface area contributed by atoms with Gasteiger partial charge in [-0.15, -0.1) is 0 Å². The second-order valence-electron chi connectivity index (χ2n) is 5.08. The number of hydrogen-bond acceptors (Lipinski definition) is 9. The van der Waals surface area contributed by atoms with Gasteiger partial charge in [0.15, 0.2) is 5.60 Å². The Morgan fingerprint density at radius 3 is 1.92 bits per heavy atom. The van der Waals surface area contributed by atoms with Gasteiger partial charge in [-0.25, -0.2) is 9.59 Å². The molecule has 0 heterocycles. The molecule has 0 saturated heterocycles. The minimum absolute atomic E-state index is 0.356. The van der Waals surface area contributed by atoms with Crippen molar-refractivity contribution in [1.29, 1.82) is 0 Å². The summed E-state index contributed by atoms with van der Waals surface area (Å²) < 4.78 is 9.35. The molecule has 130 valence electrons. The second-order valence-corrected chi connectivity index (χ2v) is 5.08. The van der Waals surface area contributed by atoms with Crippen molar-refractivity contribution in [1.82, 2.24) is 0 Å². The Labute approximate surface area is 135 Å². The van der Waals surface area contributed by atoms with Crippen molar-refractivity contribution in [3.8, 4) is 0 Å². The molecule has 0 unspecified atom stereocenters. The van der Waals surface area contributed by atoms with Crippen molar-refractivity contribution >= 4 is 23.3 Å². The van der Waals surface area contributed by atoms with Crippen molar-refractivity contribution in [3.63, 3.8) is 0 Å². The fraction of sp³-hybridized carbons (Fsp3) is 0.385. The molecular formula is C13H14N2O9. The number of esters is 2. The Balaban J connectivity index is 2.73. The summed E-state index contributed by atoms with van der Waals surface area (Å²) in [5.41, 5.74) is -3.36. The highest BCUT2D eigenvalue weighted by molar-refractivity contribution is 5.91. The lowest BCUT2D eigenvalue weighted by atomic mass is 10.1. The summed E-state index contributed by atoms with van der Waals surface area (Å²) >= 11 is 0. The Morgan fingerprint density at radius 2 is 1.50 bits per heavy atom. The molecule has 0 spiro atoms. The average molecular weight is 342 g/mol. The third-order valence-corrected chi connectivity index (χ3v) is 2.61. The zero-order chi connectivity index (χ0) is 18.5. The van der Waals surface area contributed by atoms with Crippen LogP contribution in [0.5, 0.6) is 0 Å². The lowest BCUT2D eigenvalue weighted by molar-refractivity contribution is -0.394. The predicted molar refractivity (Wildman–Crippen MR) is 77.3 cm³/mol. The molecule has 0 saturated carbocycles. The molecule has 0 atom stereocenters. The maximum absolute atomic E-state index is 11.8. The molecule has 1 rings (SSSR count). The number of ether oxygens (including phenoxy) is 2. The van der Waals surface area contributed by atoms with Crippen LogP contribution in [0.15, 0.2) is 18.2 Å². The summed E-state index contributed by atoms with van der Waals surface area (Å²) in [6.45, 7) is 1.68. The van der Waals surface area contributed by atoms with Crippen molar-refractivity contribution in [3.05, 3.63) is 44.0 Å². The number of nitro groups is 2. The second kappa shape index (κ2) is 7.46. The number of carbonyl (C=O) groups is 2. The van der Waals surface area contributed by atoms with E-state index in [1.54, 1.807) is 0 Å². The van der Waals surface area contributed by atoms with Crippen LogP contribution in [0.25, 0.3) is 0 Å². The van der Waals surface area contributed by atoms with Gasteiger partial charge in [-0.05, 0) is 13.8 Å². The van der Waals surface area contributed by atoms with Gasteiger partial charge in [0.2, 0.25) is 0 Å². The first-order chi connectivity index (χ1) is 11.0. The van der Waals surface area contributed by atoms with E-state index < -0.39 is 45.4 Å². The van der Waals surface area contributed by atoms with Crippen molar-refractivity contribution < 1.29 is 34.0 Å². The van der Waals surface area contributed by atoms with Crippen LogP contribution < -0.4 is 0 Å². The fourth-order valence-electron chi connectivity index (χ4n) is 1.45. The molecule has 11 heteroatoms. The van der Waals surface area contributed by atoms with Crippen molar-refractivity contribution in [2.75, 3.05) is 13.2 Å². The Morgan fingerprint density at radius 1 is 1.04 bits per heavy atom. The number of aliphatic hydroxyl groups is 1. The molecule has 1 aromatic rings. The Kier molecular flexibility index (Phi) is 5.89. The number of carbonyl (C=O) groups excluding carboxylic acids is 2. The molecule has 0 amide bonds. The van der Waals surface area contributed by atoms with Gasteiger partial charge in [0.25, 0.3) is 11.4 Å². The molecule has 24 heavy (non-hydrogen) atoms. The SMILES string of the molecule is CC(C)(O)C(=O)OCCOC(=O)c1cc([N+](=O)[O-])cc([N+](=O)[O-])c1. The van der Waals surface area contributed by atoms with Gasteiger partial charge in [-0.1, -0.05) is 0 Å². The van der Waals surface area contributed by atoms with E-state index in [0.29, 0.717) is 6.07 Å². The fourth-order valence-corrected chi connectivity index (χ4v) is 1.45. The van der Waals surface area contributed by atoms with Crippen LogP contribution in [0.2, 0.25) is 0 Å². The summed E-state index contributed by atoms with van der Waals surface area (Å²) in [6.07, 6.45) is 0. The lowest BCUT2D eigenvalue weighted by Gasteiger charge is -2.15. The van der Waals surface area contributed by atoms with Gasteiger partial charge in [0.1, 0.15) is 13.2 Å². The first kappa shape index (κ1) is 19.0. The van der Waals surface area contributed by atoms with Gasteiger partial charge in [0.05, 0.1) is 21.5 Å². The van der Waals surface area contributed by atoms with Crippen LogP contribution in [0, 0.1) is 20.2 Å². The Hall–Kier alpha value is -3.08. The minimum Gasteiger partial charge on any atom is -0.460 e. The smallest absolute Gasteiger partial charge is 0.338 e. The topological polar surface area (TPSA) is 159 Å². The lowest BCUT2D eigenvalue weighted by Crippen LogP contribution is -2.33. The molecule has 0 fully saturated rings. The van der Waals surface area contributed by atoms with Gasteiger partial charge < -0.3 is 14.6 Å². The zero-order valence-corrected chi connectivity index (χ0v) is 12.8. The van der Waals surface area contributed by atoms with Crippen LogP contribution in [-0.4, -0.2) is 45.7 Å². The standard InChI is InChI=1S/C13H14N2O9/c1-13(2,18)12(17)24-4-3-23-11(16)8-5-9(14(19)20)7-10(6-8)15(21)22/h5-7,18H,3-4H2,1-2H3. The maximum Gasteiger partial charge on any atom is 0.338 e. The number of non-ortho nitro benzene ring substituents is 2. The molecule has 0 aliphatic carbocycles. The van der Waals surface area contributed by atoms with Gasteiger partial charge in [0, 0.05) is 12.1 Å². The third kappa shape index (κ3) is 5.28. The average Bonchev–Trinajstić information content (AvgIpc) is 2.49. The minimum atomic E-state index is -1.70. The van der Waals surface area contributed by atoms with E-state index in [-0.39, 0.29) is 12.2 Å². The number of nitro benzene ring substituents is 2. The summed E-state index contributed by atoms with van der Waals surface area (Å²) in [4.78, 5) is 42.7. The van der Waals surface area contributed by atoms with Crippen LogP contribution >= 0.6 is 0 Å². The maximum atomic E-state index is 11.8. The van der Waals surface area contributed by atoms with Gasteiger partial charge >= 0.3 is 11.9 Å². The van der Waals surface area contributed by atoms with Crippen LogP contribution in [0.4, 0.5) is 11.4 Å². The summed E-state index contributed by atoms with van der Waals surface area (Å²) in [6, 6.07) is 2.37.